The lowest BCUT2D eigenvalue weighted by atomic mass is 9.95. The molecule has 2 rings (SSSR count). The maximum Gasteiger partial charge on any atom is 0.194 e. The van der Waals surface area contributed by atoms with Gasteiger partial charge in [0.1, 0.15) is 12.0 Å². The fourth-order valence-corrected chi connectivity index (χ4v) is 2.20. The molecule has 1 aliphatic heterocycles. The largest absolute Gasteiger partial charge is 0.449 e. The Morgan fingerprint density at radius 3 is 3.20 bits per heavy atom. The highest BCUT2D eigenvalue weighted by Gasteiger charge is 2.19. The Morgan fingerprint density at radius 2 is 2.53 bits per heavy atom. The van der Waals surface area contributed by atoms with E-state index in [1.165, 1.54) is 19.4 Å². The molecule has 1 aliphatic rings. The summed E-state index contributed by atoms with van der Waals surface area (Å²) in [5.74, 6) is 1.41. The first-order valence-corrected chi connectivity index (χ1v) is 5.50. The predicted molar refractivity (Wildman–Crippen MR) is 56.4 cm³/mol. The number of aliphatic hydroxyl groups excluding tert-OH is 1. The van der Waals surface area contributed by atoms with E-state index >= 15 is 0 Å². The molecule has 1 fully saturated rings. The van der Waals surface area contributed by atoms with Crippen molar-refractivity contribution in [1.82, 2.24) is 9.88 Å². The van der Waals surface area contributed by atoms with Crippen molar-refractivity contribution in [2.75, 3.05) is 20.1 Å². The van der Waals surface area contributed by atoms with E-state index in [9.17, 15) is 0 Å². The first kappa shape index (κ1) is 10.6. The number of aliphatic hydroxyl groups is 1. The van der Waals surface area contributed by atoms with Gasteiger partial charge in [-0.05, 0) is 32.4 Å². The van der Waals surface area contributed by atoms with Gasteiger partial charge in [-0.1, -0.05) is 0 Å². The molecule has 1 atom stereocenters. The summed E-state index contributed by atoms with van der Waals surface area (Å²) >= 11 is 0. The number of hydrogen-bond acceptors (Lipinski definition) is 4. The molecule has 1 saturated heterocycles. The fourth-order valence-electron chi connectivity index (χ4n) is 2.20. The molecule has 1 N–H and O–H groups in total. The molecule has 2 heterocycles. The monoisotopic (exact) mass is 210 g/mol. The smallest absolute Gasteiger partial charge is 0.194 e. The Labute approximate surface area is 89.9 Å². The van der Waals surface area contributed by atoms with Crippen LogP contribution in [0, 0.1) is 5.92 Å². The van der Waals surface area contributed by atoms with Crippen molar-refractivity contribution in [3.63, 3.8) is 0 Å². The van der Waals surface area contributed by atoms with Crippen molar-refractivity contribution < 1.29 is 9.52 Å². The van der Waals surface area contributed by atoms with Crippen LogP contribution in [0.5, 0.6) is 0 Å². The molecule has 0 spiro atoms. The molecule has 84 valence electrons. The number of likely N-dealkylation sites (tertiary alicyclic amines) is 1. The van der Waals surface area contributed by atoms with Gasteiger partial charge >= 0.3 is 0 Å². The van der Waals surface area contributed by atoms with Gasteiger partial charge in [0.05, 0.1) is 6.61 Å². The second-order valence-electron chi connectivity index (χ2n) is 4.37. The molecule has 0 aromatic carbocycles. The Morgan fingerprint density at radius 1 is 1.67 bits per heavy atom. The van der Waals surface area contributed by atoms with Crippen LogP contribution in [0.4, 0.5) is 0 Å². The third kappa shape index (κ3) is 2.79. The number of hydrogen-bond donors (Lipinski definition) is 1. The van der Waals surface area contributed by atoms with Gasteiger partial charge in [-0.25, -0.2) is 4.98 Å². The molecule has 0 saturated carbocycles. The summed E-state index contributed by atoms with van der Waals surface area (Å²) < 4.78 is 5.30. The topological polar surface area (TPSA) is 49.5 Å². The van der Waals surface area contributed by atoms with Crippen molar-refractivity contribution in [3.05, 3.63) is 17.8 Å². The Bertz CT molecular complexity index is 311. The van der Waals surface area contributed by atoms with Gasteiger partial charge in [0.15, 0.2) is 5.89 Å². The minimum Gasteiger partial charge on any atom is -0.449 e. The maximum atomic E-state index is 8.87. The van der Waals surface area contributed by atoms with Crippen LogP contribution in [0.3, 0.4) is 0 Å². The standard InChI is InChI=1S/C11H18N2O2/c1-13-4-2-3-9(6-13)5-11-12-10(7-14)8-15-11/h8-9,14H,2-7H2,1H3. The third-order valence-corrected chi connectivity index (χ3v) is 2.95. The molecule has 1 aromatic rings. The predicted octanol–water partition coefficient (Wildman–Crippen LogP) is 1.05. The zero-order valence-electron chi connectivity index (χ0n) is 9.15. The second-order valence-corrected chi connectivity index (χ2v) is 4.37. The molecule has 1 unspecified atom stereocenters. The molecular weight excluding hydrogens is 192 g/mol. The minimum atomic E-state index is -0.0337. The number of rotatable bonds is 3. The molecule has 0 bridgehead atoms. The zero-order valence-corrected chi connectivity index (χ0v) is 9.15. The van der Waals surface area contributed by atoms with Crippen LogP contribution < -0.4 is 0 Å². The molecule has 15 heavy (non-hydrogen) atoms. The van der Waals surface area contributed by atoms with Crippen molar-refractivity contribution >= 4 is 0 Å². The highest BCUT2D eigenvalue weighted by Crippen LogP contribution is 2.19. The Kier molecular flexibility index (Phi) is 3.38. The fraction of sp³-hybridized carbons (Fsp3) is 0.727. The van der Waals surface area contributed by atoms with E-state index in [4.69, 9.17) is 9.52 Å². The van der Waals surface area contributed by atoms with Crippen LogP contribution >= 0.6 is 0 Å². The SMILES string of the molecule is CN1CCCC(Cc2nc(CO)co2)C1. The van der Waals surface area contributed by atoms with Gasteiger partial charge in [0.25, 0.3) is 0 Å². The molecule has 0 aliphatic carbocycles. The van der Waals surface area contributed by atoms with Gasteiger partial charge in [-0.3, -0.25) is 0 Å². The van der Waals surface area contributed by atoms with E-state index in [-0.39, 0.29) is 6.61 Å². The van der Waals surface area contributed by atoms with Crippen LogP contribution in [0.1, 0.15) is 24.4 Å². The van der Waals surface area contributed by atoms with Crippen LogP contribution in [0.15, 0.2) is 10.7 Å². The van der Waals surface area contributed by atoms with Crippen molar-refractivity contribution in [1.29, 1.82) is 0 Å². The normalized spacial score (nSPS) is 23.2. The Balaban J connectivity index is 1.90. The number of aromatic nitrogens is 1. The van der Waals surface area contributed by atoms with Crippen LogP contribution in [0.2, 0.25) is 0 Å². The number of oxazole rings is 1. The van der Waals surface area contributed by atoms with Gasteiger partial charge in [0.2, 0.25) is 0 Å². The molecular formula is C11H18N2O2. The van der Waals surface area contributed by atoms with E-state index in [2.05, 4.69) is 16.9 Å². The van der Waals surface area contributed by atoms with Crippen LogP contribution in [-0.4, -0.2) is 35.1 Å². The van der Waals surface area contributed by atoms with Crippen LogP contribution in [0.25, 0.3) is 0 Å². The first-order chi connectivity index (χ1) is 7.28. The highest BCUT2D eigenvalue weighted by atomic mass is 16.3. The average Bonchev–Trinajstić information content (AvgIpc) is 2.65. The first-order valence-electron chi connectivity index (χ1n) is 5.50. The summed E-state index contributed by atoms with van der Waals surface area (Å²) in [7, 11) is 2.15. The lowest BCUT2D eigenvalue weighted by molar-refractivity contribution is 0.202. The van der Waals surface area contributed by atoms with Crippen molar-refractivity contribution in [2.24, 2.45) is 5.92 Å². The molecule has 1 aromatic heterocycles. The second kappa shape index (κ2) is 4.77. The Hall–Kier alpha value is -0.870. The third-order valence-electron chi connectivity index (χ3n) is 2.95. The quantitative estimate of drug-likeness (QED) is 0.810. The summed E-state index contributed by atoms with van der Waals surface area (Å²) in [5.41, 5.74) is 0.633. The summed E-state index contributed by atoms with van der Waals surface area (Å²) in [6.07, 6.45) is 4.95. The van der Waals surface area contributed by atoms with Gasteiger partial charge in [-0.15, -0.1) is 0 Å². The van der Waals surface area contributed by atoms with Gasteiger partial charge in [-0.2, -0.15) is 0 Å². The summed E-state index contributed by atoms with van der Waals surface area (Å²) in [4.78, 5) is 6.56. The van der Waals surface area contributed by atoms with E-state index in [0.29, 0.717) is 11.6 Å². The summed E-state index contributed by atoms with van der Waals surface area (Å²) in [6.45, 7) is 2.29. The van der Waals surface area contributed by atoms with E-state index in [1.807, 2.05) is 0 Å². The summed E-state index contributed by atoms with van der Waals surface area (Å²) in [5, 5.41) is 8.87. The molecule has 4 heteroatoms. The zero-order chi connectivity index (χ0) is 10.7. The lowest BCUT2D eigenvalue weighted by Crippen LogP contribution is -2.33. The van der Waals surface area contributed by atoms with Crippen LogP contribution in [-0.2, 0) is 13.0 Å². The molecule has 0 radical (unpaired) electrons. The minimum absolute atomic E-state index is 0.0337. The van der Waals surface area contributed by atoms with Crippen molar-refractivity contribution in [3.8, 4) is 0 Å². The lowest BCUT2D eigenvalue weighted by Gasteiger charge is -2.28. The van der Waals surface area contributed by atoms with Gasteiger partial charge < -0.3 is 14.4 Å². The van der Waals surface area contributed by atoms with E-state index in [0.717, 1.165) is 18.9 Å². The van der Waals surface area contributed by atoms with E-state index < -0.39 is 0 Å². The number of nitrogens with zero attached hydrogens (tertiary/aromatic N) is 2. The maximum absolute atomic E-state index is 8.87. The summed E-state index contributed by atoms with van der Waals surface area (Å²) in [6, 6.07) is 0. The number of piperidine rings is 1. The van der Waals surface area contributed by atoms with Gasteiger partial charge in [0, 0.05) is 13.0 Å². The molecule has 4 nitrogen and oxygen atoms in total. The highest BCUT2D eigenvalue weighted by molar-refractivity contribution is 4.95. The average molecular weight is 210 g/mol. The molecule has 0 amide bonds. The van der Waals surface area contributed by atoms with E-state index in [1.54, 1.807) is 6.26 Å². The van der Waals surface area contributed by atoms with Crippen molar-refractivity contribution in [2.45, 2.75) is 25.9 Å².